The second-order valence-corrected chi connectivity index (χ2v) is 2.63. The fraction of sp³-hybridized carbons (Fsp3) is 0.571. The molecule has 0 aromatic heterocycles. The van der Waals surface area contributed by atoms with Gasteiger partial charge in [0.1, 0.15) is 6.10 Å². The monoisotopic (exact) mass is 210 g/mol. The highest BCUT2D eigenvalue weighted by Gasteiger charge is 2.13. The Balaban J connectivity index is 4.34. The summed E-state index contributed by atoms with van der Waals surface area (Å²) in [5.74, 6) is -0.610. The van der Waals surface area contributed by atoms with Crippen LogP contribution < -0.4 is 0 Å². The minimum atomic E-state index is -0.749. The van der Waals surface area contributed by atoms with Crippen molar-refractivity contribution >= 4 is 5.97 Å². The van der Waals surface area contributed by atoms with Crippen molar-refractivity contribution in [1.82, 2.24) is 0 Å². The predicted molar refractivity (Wildman–Crippen MR) is 52.7 cm³/mol. The van der Waals surface area contributed by atoms with Crippen LogP contribution in [0.5, 0.6) is 0 Å². The molecule has 8 heteroatoms. The topological polar surface area (TPSA) is 124 Å². The molecular formula is C7H10N6O2. The van der Waals surface area contributed by atoms with E-state index in [1.807, 2.05) is 0 Å². The lowest BCUT2D eigenvalue weighted by Gasteiger charge is -2.12. The highest BCUT2D eigenvalue weighted by molar-refractivity contribution is 5.87. The smallest absolute Gasteiger partial charge is 0.333 e. The van der Waals surface area contributed by atoms with E-state index in [-0.39, 0.29) is 18.7 Å². The molecule has 0 radical (unpaired) electrons. The molecule has 0 amide bonds. The largest absolute Gasteiger partial charge is 0.459 e. The van der Waals surface area contributed by atoms with Crippen LogP contribution in [0.1, 0.15) is 6.92 Å². The van der Waals surface area contributed by atoms with E-state index in [1.165, 1.54) is 6.92 Å². The van der Waals surface area contributed by atoms with Crippen LogP contribution in [0.25, 0.3) is 20.9 Å². The number of rotatable bonds is 6. The summed E-state index contributed by atoms with van der Waals surface area (Å²) in [4.78, 5) is 16.1. The molecule has 0 aromatic carbocycles. The van der Waals surface area contributed by atoms with Crippen LogP contribution >= 0.6 is 0 Å². The van der Waals surface area contributed by atoms with E-state index in [0.717, 1.165) is 0 Å². The first kappa shape index (κ1) is 12.8. The molecule has 0 spiro atoms. The van der Waals surface area contributed by atoms with Crippen molar-refractivity contribution in [2.24, 2.45) is 10.2 Å². The number of esters is 1. The van der Waals surface area contributed by atoms with Crippen LogP contribution in [-0.2, 0) is 9.53 Å². The van der Waals surface area contributed by atoms with Gasteiger partial charge in [0, 0.05) is 15.4 Å². The minimum Gasteiger partial charge on any atom is -0.459 e. The quantitative estimate of drug-likeness (QED) is 0.219. The lowest BCUT2D eigenvalue weighted by Crippen LogP contribution is -2.24. The lowest BCUT2D eigenvalue weighted by molar-refractivity contribution is -0.143. The van der Waals surface area contributed by atoms with Crippen molar-refractivity contribution < 1.29 is 9.53 Å². The highest BCUT2D eigenvalue weighted by Crippen LogP contribution is 2.01. The Kier molecular flexibility index (Phi) is 6.20. The summed E-state index contributed by atoms with van der Waals surface area (Å²) in [5.41, 5.74) is 16.4. The summed E-state index contributed by atoms with van der Waals surface area (Å²) < 4.78 is 4.85. The van der Waals surface area contributed by atoms with Crippen LogP contribution in [0.2, 0.25) is 0 Å². The molecule has 0 atom stereocenters. The van der Waals surface area contributed by atoms with Crippen LogP contribution in [-0.4, -0.2) is 25.2 Å². The van der Waals surface area contributed by atoms with Crippen LogP contribution in [0.15, 0.2) is 22.4 Å². The second kappa shape index (κ2) is 7.25. The van der Waals surface area contributed by atoms with E-state index in [2.05, 4.69) is 26.6 Å². The Morgan fingerprint density at radius 2 is 1.87 bits per heavy atom. The first-order chi connectivity index (χ1) is 7.11. The molecule has 0 aliphatic rings. The van der Waals surface area contributed by atoms with Gasteiger partial charge in [-0.2, -0.15) is 0 Å². The van der Waals surface area contributed by atoms with Crippen LogP contribution in [0.4, 0.5) is 0 Å². The zero-order chi connectivity index (χ0) is 11.7. The third kappa shape index (κ3) is 5.98. The van der Waals surface area contributed by atoms with Crippen molar-refractivity contribution in [3.8, 4) is 0 Å². The molecule has 0 unspecified atom stereocenters. The Morgan fingerprint density at radius 1 is 1.40 bits per heavy atom. The van der Waals surface area contributed by atoms with Gasteiger partial charge >= 0.3 is 5.97 Å². The summed E-state index contributed by atoms with van der Waals surface area (Å²) in [6.07, 6.45) is -0.749. The van der Waals surface area contributed by atoms with Gasteiger partial charge in [-0.1, -0.05) is 16.8 Å². The molecule has 0 fully saturated rings. The van der Waals surface area contributed by atoms with E-state index in [9.17, 15) is 4.79 Å². The van der Waals surface area contributed by atoms with Crippen molar-refractivity contribution in [3.63, 3.8) is 0 Å². The van der Waals surface area contributed by atoms with Crippen molar-refractivity contribution in [1.29, 1.82) is 0 Å². The zero-order valence-corrected chi connectivity index (χ0v) is 8.20. The van der Waals surface area contributed by atoms with Gasteiger partial charge in [0.2, 0.25) is 0 Å². The molecule has 0 bridgehead atoms. The van der Waals surface area contributed by atoms with Gasteiger partial charge in [-0.15, -0.1) is 0 Å². The number of hydrogen-bond acceptors (Lipinski definition) is 4. The Labute approximate surface area is 85.8 Å². The minimum absolute atomic E-state index is 0.0749. The van der Waals surface area contributed by atoms with Crippen molar-refractivity contribution in [3.05, 3.63) is 33.0 Å². The summed E-state index contributed by atoms with van der Waals surface area (Å²) in [6, 6.07) is 0. The van der Waals surface area contributed by atoms with Gasteiger partial charge in [-0.05, 0) is 18.0 Å². The third-order valence-corrected chi connectivity index (χ3v) is 1.32. The fourth-order valence-corrected chi connectivity index (χ4v) is 0.639. The highest BCUT2D eigenvalue weighted by atomic mass is 16.5. The normalized spacial score (nSPS) is 10.5. The van der Waals surface area contributed by atoms with Crippen molar-refractivity contribution in [2.75, 3.05) is 13.1 Å². The van der Waals surface area contributed by atoms with E-state index in [1.54, 1.807) is 0 Å². The average Bonchev–Trinajstić information content (AvgIpc) is 2.21. The molecule has 0 aromatic rings. The standard InChI is InChI=1S/C7H10N6O2/c1-5(2)7(14)15-6(3-10-12-8)4-11-13-9/h6H,1,3-4H2,2H3. The fourth-order valence-electron chi connectivity index (χ4n) is 0.639. The lowest BCUT2D eigenvalue weighted by atomic mass is 10.3. The maximum absolute atomic E-state index is 11.1. The van der Waals surface area contributed by atoms with Gasteiger partial charge in [0.15, 0.2) is 0 Å². The second-order valence-electron chi connectivity index (χ2n) is 2.63. The molecule has 0 saturated carbocycles. The number of carbonyl (C=O) groups excluding carboxylic acids is 1. The van der Waals surface area contributed by atoms with Gasteiger partial charge < -0.3 is 4.74 Å². The zero-order valence-electron chi connectivity index (χ0n) is 8.20. The predicted octanol–water partition coefficient (Wildman–Crippen LogP) is 2.09. The summed E-state index contributed by atoms with van der Waals surface area (Å²) >= 11 is 0. The maximum Gasteiger partial charge on any atom is 0.333 e. The van der Waals surface area contributed by atoms with Gasteiger partial charge in [-0.25, -0.2) is 4.79 Å². The third-order valence-electron chi connectivity index (χ3n) is 1.32. The Hall–Kier alpha value is -2.17. The van der Waals surface area contributed by atoms with Gasteiger partial charge in [0.05, 0.1) is 13.1 Å². The molecule has 0 heterocycles. The Bertz CT molecular complexity index is 319. The molecule has 0 saturated heterocycles. The van der Waals surface area contributed by atoms with Gasteiger partial charge in [0.25, 0.3) is 0 Å². The summed E-state index contributed by atoms with van der Waals surface area (Å²) in [5, 5.41) is 6.46. The first-order valence-electron chi connectivity index (χ1n) is 4.00. The summed E-state index contributed by atoms with van der Waals surface area (Å²) in [7, 11) is 0. The Morgan fingerprint density at radius 3 is 2.20 bits per heavy atom. The number of ether oxygens (including phenoxy) is 1. The molecular weight excluding hydrogens is 200 g/mol. The van der Waals surface area contributed by atoms with Crippen LogP contribution in [0.3, 0.4) is 0 Å². The van der Waals surface area contributed by atoms with E-state index >= 15 is 0 Å². The molecule has 8 nitrogen and oxygen atoms in total. The number of carbonyl (C=O) groups is 1. The first-order valence-corrected chi connectivity index (χ1v) is 4.00. The van der Waals surface area contributed by atoms with E-state index in [4.69, 9.17) is 15.8 Å². The van der Waals surface area contributed by atoms with E-state index < -0.39 is 12.1 Å². The molecule has 0 aliphatic heterocycles. The molecule has 15 heavy (non-hydrogen) atoms. The number of hydrogen-bond donors (Lipinski definition) is 0. The number of azide groups is 2. The molecule has 0 rings (SSSR count). The van der Waals surface area contributed by atoms with Crippen LogP contribution in [0, 0.1) is 0 Å². The van der Waals surface area contributed by atoms with Crippen molar-refractivity contribution in [2.45, 2.75) is 13.0 Å². The maximum atomic E-state index is 11.1. The number of nitrogens with zero attached hydrogens (tertiary/aromatic N) is 6. The van der Waals surface area contributed by atoms with Gasteiger partial charge in [-0.3, -0.25) is 0 Å². The molecule has 0 N–H and O–H groups in total. The summed E-state index contributed by atoms with van der Waals surface area (Å²) in [6.45, 7) is 4.72. The molecule has 0 aliphatic carbocycles. The molecule has 80 valence electrons. The average molecular weight is 210 g/mol. The SMILES string of the molecule is C=C(C)C(=O)OC(CN=[N+]=[N-])CN=[N+]=[N-]. The van der Waals surface area contributed by atoms with E-state index in [0.29, 0.717) is 0 Å².